The van der Waals surface area contributed by atoms with Gasteiger partial charge in [-0.3, -0.25) is 9.88 Å². The van der Waals surface area contributed by atoms with Crippen molar-refractivity contribution in [3.8, 4) is 11.5 Å². The summed E-state index contributed by atoms with van der Waals surface area (Å²) in [6.07, 6.45) is 13.4. The minimum Gasteiger partial charge on any atom is -0.486 e. The molecule has 1 aromatic carbocycles. The number of benzene rings is 1. The van der Waals surface area contributed by atoms with Gasteiger partial charge in [-0.1, -0.05) is 36.4 Å². The van der Waals surface area contributed by atoms with Crippen LogP contribution in [0, 0.1) is 6.92 Å². The number of nitrogens with zero attached hydrogens (tertiary/aromatic N) is 3. The second-order valence-electron chi connectivity index (χ2n) is 7.53. The molecular formula is C24H29N3O2. The van der Waals surface area contributed by atoms with E-state index in [0.29, 0.717) is 13.2 Å². The normalized spacial score (nSPS) is 17.8. The number of fused-ring (bicyclic) bond motifs is 1. The second-order valence-corrected chi connectivity index (χ2v) is 7.53. The van der Waals surface area contributed by atoms with Crippen molar-refractivity contribution in [1.82, 2.24) is 9.88 Å². The SMILES string of the molecule is C1=CCC=C1.Cc1cncc(CN2CCN(c3cccc4c3OCCO4)CC2)c1. The van der Waals surface area contributed by atoms with Gasteiger partial charge < -0.3 is 14.4 Å². The number of aromatic nitrogens is 1. The standard InChI is InChI=1S/C19H23N3O2.C5H6/c1-15-11-16(13-20-12-15)14-21-5-7-22(8-6-21)17-3-2-4-18-19(17)24-10-9-23-18;1-2-4-5-3-1/h2-4,11-13H,5-10,14H2,1H3;1-4H,5H2. The van der Waals surface area contributed by atoms with Crippen LogP contribution in [0.2, 0.25) is 0 Å². The number of aryl methyl sites for hydroxylation is 1. The first-order valence-electron chi connectivity index (χ1n) is 10.4. The molecule has 1 fully saturated rings. The van der Waals surface area contributed by atoms with Crippen molar-refractivity contribution in [2.75, 3.05) is 44.3 Å². The van der Waals surface area contributed by atoms with Crippen molar-refractivity contribution < 1.29 is 9.47 Å². The molecule has 1 aromatic heterocycles. The topological polar surface area (TPSA) is 37.8 Å². The molecule has 0 atom stereocenters. The molecule has 0 saturated carbocycles. The van der Waals surface area contributed by atoms with Gasteiger partial charge >= 0.3 is 0 Å². The maximum Gasteiger partial charge on any atom is 0.184 e. The Labute approximate surface area is 173 Å². The van der Waals surface area contributed by atoms with Crippen molar-refractivity contribution in [3.63, 3.8) is 0 Å². The average molecular weight is 392 g/mol. The predicted octanol–water partition coefficient (Wildman–Crippen LogP) is 3.99. The first-order chi connectivity index (χ1) is 14.3. The molecule has 0 N–H and O–H groups in total. The molecular weight excluding hydrogens is 362 g/mol. The smallest absolute Gasteiger partial charge is 0.184 e. The lowest BCUT2D eigenvalue weighted by Crippen LogP contribution is -2.46. The summed E-state index contributed by atoms with van der Waals surface area (Å²) in [4.78, 5) is 9.18. The van der Waals surface area contributed by atoms with Gasteiger partial charge in [-0.2, -0.15) is 0 Å². The number of anilines is 1. The maximum atomic E-state index is 5.85. The molecule has 5 nitrogen and oxygen atoms in total. The van der Waals surface area contributed by atoms with Gasteiger partial charge in [0.25, 0.3) is 0 Å². The Kier molecular flexibility index (Phi) is 6.47. The third-order valence-corrected chi connectivity index (χ3v) is 5.25. The molecule has 3 heterocycles. The number of hydrogen-bond acceptors (Lipinski definition) is 5. The van der Waals surface area contributed by atoms with E-state index in [4.69, 9.17) is 9.47 Å². The van der Waals surface area contributed by atoms with Crippen LogP contribution in [0.25, 0.3) is 0 Å². The van der Waals surface area contributed by atoms with Crippen LogP contribution in [0.4, 0.5) is 5.69 Å². The highest BCUT2D eigenvalue weighted by Crippen LogP contribution is 2.39. The van der Waals surface area contributed by atoms with Crippen LogP contribution in [-0.2, 0) is 6.54 Å². The summed E-state index contributed by atoms with van der Waals surface area (Å²) in [5.74, 6) is 1.77. The van der Waals surface area contributed by atoms with Crippen molar-refractivity contribution in [2.24, 2.45) is 0 Å². The van der Waals surface area contributed by atoms with E-state index in [-0.39, 0.29) is 0 Å². The van der Waals surface area contributed by atoms with Gasteiger partial charge in [0, 0.05) is 45.1 Å². The monoisotopic (exact) mass is 391 g/mol. The second kappa shape index (κ2) is 9.61. The minimum absolute atomic E-state index is 0.629. The van der Waals surface area contributed by atoms with Crippen LogP contribution in [0.5, 0.6) is 11.5 Å². The highest BCUT2D eigenvalue weighted by molar-refractivity contribution is 5.65. The third-order valence-electron chi connectivity index (χ3n) is 5.25. The van der Waals surface area contributed by atoms with Crippen LogP contribution in [-0.4, -0.2) is 49.3 Å². The van der Waals surface area contributed by atoms with Gasteiger partial charge in [-0.25, -0.2) is 0 Å². The zero-order valence-electron chi connectivity index (χ0n) is 17.1. The first kappa shape index (κ1) is 19.5. The molecule has 29 heavy (non-hydrogen) atoms. The van der Waals surface area contributed by atoms with Crippen molar-refractivity contribution >= 4 is 5.69 Å². The summed E-state index contributed by atoms with van der Waals surface area (Å²) >= 11 is 0. The van der Waals surface area contributed by atoms with E-state index in [2.05, 4.69) is 58.1 Å². The van der Waals surface area contributed by atoms with E-state index in [9.17, 15) is 0 Å². The predicted molar refractivity (Wildman–Crippen MR) is 117 cm³/mol. The highest BCUT2D eigenvalue weighted by Gasteiger charge is 2.23. The number of ether oxygens (including phenoxy) is 2. The molecule has 1 aliphatic carbocycles. The summed E-state index contributed by atoms with van der Waals surface area (Å²) in [5.41, 5.74) is 3.67. The van der Waals surface area contributed by atoms with Gasteiger partial charge in [-0.15, -0.1) is 0 Å². The van der Waals surface area contributed by atoms with Crippen LogP contribution in [0.1, 0.15) is 17.5 Å². The Morgan fingerprint density at radius 3 is 2.48 bits per heavy atom. The molecule has 5 heteroatoms. The molecule has 0 unspecified atom stereocenters. The molecule has 0 radical (unpaired) electrons. The van der Waals surface area contributed by atoms with Crippen LogP contribution in [0.3, 0.4) is 0 Å². The van der Waals surface area contributed by atoms with Gasteiger partial charge in [0.15, 0.2) is 11.5 Å². The van der Waals surface area contributed by atoms with E-state index < -0.39 is 0 Å². The summed E-state index contributed by atoms with van der Waals surface area (Å²) in [6, 6.07) is 8.39. The Bertz CT molecular complexity index is 860. The third kappa shape index (κ3) is 5.18. The molecule has 152 valence electrons. The average Bonchev–Trinajstić information content (AvgIpc) is 3.34. The van der Waals surface area contributed by atoms with Crippen molar-refractivity contribution in [1.29, 1.82) is 0 Å². The molecule has 5 rings (SSSR count). The number of hydrogen-bond donors (Lipinski definition) is 0. The van der Waals surface area contributed by atoms with Crippen LogP contribution in [0.15, 0.2) is 61.0 Å². The van der Waals surface area contributed by atoms with Crippen molar-refractivity contribution in [3.05, 3.63) is 72.1 Å². The molecule has 0 amide bonds. The number of rotatable bonds is 3. The Morgan fingerprint density at radius 2 is 1.76 bits per heavy atom. The summed E-state index contributed by atoms with van der Waals surface area (Å²) in [6.45, 7) is 8.40. The zero-order valence-corrected chi connectivity index (χ0v) is 17.1. The fourth-order valence-electron chi connectivity index (χ4n) is 3.81. The lowest BCUT2D eigenvalue weighted by atomic mass is 10.1. The van der Waals surface area contributed by atoms with Gasteiger partial charge in [0.1, 0.15) is 13.2 Å². The van der Waals surface area contributed by atoms with Gasteiger partial charge in [0.2, 0.25) is 0 Å². The van der Waals surface area contributed by atoms with E-state index in [0.717, 1.165) is 56.3 Å². The Morgan fingerprint density at radius 1 is 0.966 bits per heavy atom. The Balaban J connectivity index is 0.000000359. The molecule has 0 spiro atoms. The lowest BCUT2D eigenvalue weighted by molar-refractivity contribution is 0.171. The van der Waals surface area contributed by atoms with Crippen LogP contribution >= 0.6 is 0 Å². The maximum absolute atomic E-state index is 5.85. The van der Waals surface area contributed by atoms with E-state index in [1.807, 2.05) is 24.5 Å². The molecule has 0 bridgehead atoms. The molecule has 3 aliphatic rings. The molecule has 2 aliphatic heterocycles. The van der Waals surface area contributed by atoms with Crippen molar-refractivity contribution in [2.45, 2.75) is 19.9 Å². The fraction of sp³-hybridized carbons (Fsp3) is 0.375. The lowest BCUT2D eigenvalue weighted by Gasteiger charge is -2.37. The number of piperazine rings is 1. The van der Waals surface area contributed by atoms with E-state index >= 15 is 0 Å². The van der Waals surface area contributed by atoms with Gasteiger partial charge in [0.05, 0.1) is 5.69 Å². The number of allylic oxidation sites excluding steroid dienone is 4. The Hall–Kier alpha value is -2.79. The molecule has 1 saturated heterocycles. The number of pyridine rings is 1. The minimum atomic E-state index is 0.629. The quantitative estimate of drug-likeness (QED) is 0.791. The van der Waals surface area contributed by atoms with Crippen LogP contribution < -0.4 is 14.4 Å². The first-order valence-corrected chi connectivity index (χ1v) is 10.4. The van der Waals surface area contributed by atoms with E-state index in [1.54, 1.807) is 0 Å². The summed E-state index contributed by atoms with van der Waals surface area (Å²) < 4.78 is 11.6. The summed E-state index contributed by atoms with van der Waals surface area (Å²) in [5, 5.41) is 0. The van der Waals surface area contributed by atoms with Gasteiger partial charge in [-0.05, 0) is 36.6 Å². The fourth-order valence-corrected chi connectivity index (χ4v) is 3.81. The highest BCUT2D eigenvalue weighted by atomic mass is 16.6. The number of para-hydroxylation sites is 1. The summed E-state index contributed by atoms with van der Waals surface area (Å²) in [7, 11) is 0. The largest absolute Gasteiger partial charge is 0.486 e. The zero-order chi connectivity index (χ0) is 19.9. The molecule has 2 aromatic rings. The van der Waals surface area contributed by atoms with E-state index in [1.165, 1.54) is 11.1 Å².